The summed E-state index contributed by atoms with van der Waals surface area (Å²) in [6.45, 7) is 5.98. The molecule has 0 aliphatic heterocycles. The molecule has 4 aromatic rings. The van der Waals surface area contributed by atoms with Gasteiger partial charge in [0.15, 0.2) is 0 Å². The van der Waals surface area contributed by atoms with E-state index in [9.17, 15) is 9.90 Å². The number of phenols is 1. The van der Waals surface area contributed by atoms with Crippen molar-refractivity contribution in [1.82, 2.24) is 15.0 Å². The van der Waals surface area contributed by atoms with Gasteiger partial charge in [0.1, 0.15) is 22.5 Å². The van der Waals surface area contributed by atoms with Crippen molar-refractivity contribution in [3.8, 4) is 11.4 Å². The fraction of sp³-hybridized carbons (Fsp3) is 0.367. The van der Waals surface area contributed by atoms with E-state index in [1.807, 2.05) is 68.1 Å². The molecule has 3 aromatic carbocycles. The van der Waals surface area contributed by atoms with Crippen LogP contribution >= 0.6 is 11.8 Å². The van der Waals surface area contributed by atoms with E-state index in [0.29, 0.717) is 11.4 Å². The quantitative estimate of drug-likeness (QED) is 0.153. The van der Waals surface area contributed by atoms with Gasteiger partial charge in [0, 0.05) is 22.6 Å². The average Bonchev–Trinajstić information content (AvgIpc) is 3.32. The highest BCUT2D eigenvalue weighted by Crippen LogP contribution is 2.33. The van der Waals surface area contributed by atoms with Crippen molar-refractivity contribution in [2.24, 2.45) is 5.92 Å². The first-order chi connectivity index (χ1) is 18.0. The molecule has 0 saturated carbocycles. The summed E-state index contributed by atoms with van der Waals surface area (Å²) in [6, 6.07) is 20.8. The molecule has 0 fully saturated rings. The number of amides is 1. The predicted octanol–water partition coefficient (Wildman–Crippen LogP) is 7.90. The second-order valence-electron chi connectivity index (χ2n) is 9.59. The number of carbonyl (C=O) groups excluding carboxylic acids is 1. The van der Waals surface area contributed by atoms with Crippen molar-refractivity contribution in [3.63, 3.8) is 0 Å². The molecule has 1 heterocycles. The van der Waals surface area contributed by atoms with Gasteiger partial charge in [-0.25, -0.2) is 0 Å². The molecule has 1 amide bonds. The molecule has 0 unspecified atom stereocenters. The summed E-state index contributed by atoms with van der Waals surface area (Å²) in [7, 11) is 0. The molecule has 0 aliphatic carbocycles. The molecule has 37 heavy (non-hydrogen) atoms. The number of hydrogen-bond acceptors (Lipinski definition) is 5. The molecule has 0 aliphatic rings. The fourth-order valence-electron chi connectivity index (χ4n) is 4.22. The number of thioether (sulfide) groups is 1. The lowest BCUT2D eigenvalue weighted by Crippen LogP contribution is -2.29. The first-order valence-corrected chi connectivity index (χ1v) is 14.2. The Balaban J connectivity index is 1.50. The number of rotatable bonds is 12. The lowest BCUT2D eigenvalue weighted by molar-refractivity contribution is -0.120. The predicted molar refractivity (Wildman–Crippen MR) is 153 cm³/mol. The molecule has 0 saturated heterocycles. The second kappa shape index (κ2) is 12.8. The van der Waals surface area contributed by atoms with E-state index in [1.165, 1.54) is 48.2 Å². The van der Waals surface area contributed by atoms with Gasteiger partial charge in [-0.15, -0.1) is 26.8 Å². The minimum atomic E-state index is -0.201. The minimum absolute atomic E-state index is 0.00737. The molecule has 4 rings (SSSR count). The van der Waals surface area contributed by atoms with Crippen LogP contribution in [0, 0.1) is 5.92 Å². The van der Waals surface area contributed by atoms with Crippen molar-refractivity contribution in [3.05, 3.63) is 66.7 Å². The number of anilines is 2. The number of hydrogen-bond donors (Lipinski definition) is 1. The monoisotopic (exact) mass is 516 g/mol. The van der Waals surface area contributed by atoms with Crippen LogP contribution < -0.4 is 4.90 Å². The summed E-state index contributed by atoms with van der Waals surface area (Å²) in [5.74, 6) is 0.856. The van der Waals surface area contributed by atoms with E-state index in [-0.39, 0.29) is 17.6 Å². The Bertz CT molecular complexity index is 1320. The van der Waals surface area contributed by atoms with Gasteiger partial charge in [-0.1, -0.05) is 71.1 Å². The summed E-state index contributed by atoms with van der Waals surface area (Å²) in [5.41, 5.74) is 3.37. The normalized spacial score (nSPS) is 11.4. The Morgan fingerprint density at radius 1 is 0.892 bits per heavy atom. The van der Waals surface area contributed by atoms with Crippen LogP contribution in [0.2, 0.25) is 0 Å². The second-order valence-corrected chi connectivity index (χ2v) is 10.8. The summed E-state index contributed by atoms with van der Waals surface area (Å²) in [6.07, 6.45) is 7.77. The summed E-state index contributed by atoms with van der Waals surface area (Å²) in [4.78, 5) is 17.3. The number of aromatic nitrogens is 3. The Hall–Kier alpha value is -3.32. The van der Waals surface area contributed by atoms with E-state index < -0.39 is 0 Å². The smallest absolute Gasteiger partial charge is 0.234 e. The van der Waals surface area contributed by atoms with E-state index in [4.69, 9.17) is 0 Å². The Morgan fingerprint density at radius 3 is 2.35 bits per heavy atom. The van der Waals surface area contributed by atoms with Crippen molar-refractivity contribution in [2.45, 2.75) is 64.2 Å². The highest BCUT2D eigenvalue weighted by atomic mass is 32.2. The third-order valence-corrected chi connectivity index (χ3v) is 7.36. The van der Waals surface area contributed by atoms with E-state index in [2.05, 4.69) is 29.3 Å². The molecule has 1 N–H and O–H groups in total. The van der Waals surface area contributed by atoms with Gasteiger partial charge in [-0.2, -0.15) is 0 Å². The topological polar surface area (TPSA) is 71.2 Å². The van der Waals surface area contributed by atoms with Crippen molar-refractivity contribution >= 4 is 40.1 Å². The number of benzene rings is 3. The molecule has 0 spiro atoms. The van der Waals surface area contributed by atoms with Crippen LogP contribution in [-0.2, 0) is 4.79 Å². The zero-order chi connectivity index (χ0) is 26.2. The number of carbonyl (C=O) groups is 1. The largest absolute Gasteiger partial charge is 0.506 e. The number of para-hydroxylation sites is 1. The van der Waals surface area contributed by atoms with Crippen LogP contribution in [0.4, 0.5) is 11.4 Å². The van der Waals surface area contributed by atoms with Crippen LogP contribution in [0.25, 0.3) is 16.7 Å². The maximum atomic E-state index is 13.0. The van der Waals surface area contributed by atoms with Crippen molar-refractivity contribution in [2.75, 3.05) is 10.7 Å². The molecule has 194 valence electrons. The molecule has 6 nitrogen and oxygen atoms in total. The summed E-state index contributed by atoms with van der Waals surface area (Å²) >= 11 is 1.85. The average molecular weight is 517 g/mol. The molecule has 0 atom stereocenters. The highest BCUT2D eigenvalue weighted by molar-refractivity contribution is 7.99. The zero-order valence-corrected chi connectivity index (χ0v) is 22.7. The maximum absolute atomic E-state index is 13.0. The molecule has 7 heteroatoms. The van der Waals surface area contributed by atoms with Crippen LogP contribution in [0.15, 0.2) is 71.6 Å². The number of aromatic hydroxyl groups is 1. The maximum Gasteiger partial charge on any atom is 0.234 e. The van der Waals surface area contributed by atoms with Crippen LogP contribution in [0.3, 0.4) is 0 Å². The van der Waals surface area contributed by atoms with E-state index >= 15 is 0 Å². The standard InChI is InChI=1S/C30H36N4O2S/c1-4-5-6-7-8-12-19-37-25-16-17-26-27(21-25)32-34(31-26)28-18-15-24(20-29(28)35)33(30(36)22(2)3)23-13-10-9-11-14-23/h9-11,13-18,20-22,35H,4-8,12,19H2,1-3H3. The Labute approximate surface area is 223 Å². The van der Waals surface area contributed by atoms with E-state index in [0.717, 1.165) is 22.5 Å². The SMILES string of the molecule is CCCCCCCCSc1ccc2nn(-c3ccc(N(C(=O)C(C)C)c4ccccc4)cc3O)nc2c1. The lowest BCUT2D eigenvalue weighted by Gasteiger charge is -2.25. The fourth-order valence-corrected chi connectivity index (χ4v) is 5.17. The highest BCUT2D eigenvalue weighted by Gasteiger charge is 2.22. The molecular weight excluding hydrogens is 480 g/mol. The molecule has 1 aromatic heterocycles. The van der Waals surface area contributed by atoms with Gasteiger partial charge >= 0.3 is 0 Å². The minimum Gasteiger partial charge on any atom is -0.506 e. The van der Waals surface area contributed by atoms with Crippen LogP contribution in [-0.4, -0.2) is 31.8 Å². The summed E-state index contributed by atoms with van der Waals surface area (Å²) in [5, 5.41) is 20.1. The van der Waals surface area contributed by atoms with Gasteiger partial charge in [-0.3, -0.25) is 9.69 Å². The number of phenolic OH excluding ortho intramolecular Hbond substituents is 1. The van der Waals surface area contributed by atoms with Crippen molar-refractivity contribution < 1.29 is 9.90 Å². The van der Waals surface area contributed by atoms with Crippen LogP contribution in [0.5, 0.6) is 5.75 Å². The first-order valence-electron chi connectivity index (χ1n) is 13.2. The number of unbranched alkanes of at least 4 members (excludes halogenated alkanes) is 5. The zero-order valence-electron chi connectivity index (χ0n) is 21.9. The lowest BCUT2D eigenvalue weighted by atomic mass is 10.1. The number of fused-ring (bicyclic) bond motifs is 1. The van der Waals surface area contributed by atoms with Gasteiger partial charge in [-0.05, 0) is 54.6 Å². The third kappa shape index (κ3) is 6.72. The van der Waals surface area contributed by atoms with Crippen molar-refractivity contribution in [1.29, 1.82) is 0 Å². The number of nitrogens with zero attached hydrogens (tertiary/aromatic N) is 4. The van der Waals surface area contributed by atoms with Gasteiger partial charge in [0.2, 0.25) is 5.91 Å². The Kier molecular flexibility index (Phi) is 9.23. The first kappa shape index (κ1) is 26.7. The Morgan fingerprint density at radius 2 is 1.62 bits per heavy atom. The van der Waals surface area contributed by atoms with E-state index in [1.54, 1.807) is 17.0 Å². The van der Waals surface area contributed by atoms with Gasteiger partial charge < -0.3 is 5.11 Å². The van der Waals surface area contributed by atoms with Crippen LogP contribution in [0.1, 0.15) is 59.3 Å². The molecule has 0 radical (unpaired) electrons. The molecule has 0 bridgehead atoms. The van der Waals surface area contributed by atoms with Gasteiger partial charge in [0.25, 0.3) is 0 Å². The van der Waals surface area contributed by atoms with Gasteiger partial charge in [0.05, 0.1) is 5.69 Å². The summed E-state index contributed by atoms with van der Waals surface area (Å²) < 4.78 is 0. The third-order valence-electron chi connectivity index (χ3n) is 6.28. The molecular formula is C30H36N4O2S.